The maximum atomic E-state index is 5.59. The molecule has 2 aromatic carbocycles. The largest absolute Gasteiger partial charge is 0.383 e. The molecule has 1 aromatic heterocycles. The Morgan fingerprint density at radius 1 is 1.12 bits per heavy atom. The summed E-state index contributed by atoms with van der Waals surface area (Å²) in [7, 11) is 0. The quantitative estimate of drug-likeness (QED) is 0.430. The number of thiazole rings is 1. The summed E-state index contributed by atoms with van der Waals surface area (Å²) in [6.07, 6.45) is 4.10. The van der Waals surface area contributed by atoms with Crippen LogP contribution < -0.4 is 16.1 Å². The number of nitrogen functional groups attached to an aromatic ring is 1. The number of hydrogen-bond acceptors (Lipinski definition) is 6. The molecule has 0 aliphatic heterocycles. The van der Waals surface area contributed by atoms with Crippen molar-refractivity contribution in [2.75, 3.05) is 22.6 Å². The fraction of sp³-hybridized carbons (Fsp3) is 0.200. The molecule has 134 valence electrons. The number of anilines is 4. The van der Waals surface area contributed by atoms with Crippen LogP contribution in [-0.2, 0) is 0 Å². The van der Waals surface area contributed by atoms with Gasteiger partial charge in [0, 0.05) is 23.3 Å². The molecule has 0 unspecified atom stereocenters. The fourth-order valence-corrected chi connectivity index (χ4v) is 3.12. The molecule has 0 radical (unpaired) electrons. The van der Waals surface area contributed by atoms with Gasteiger partial charge in [-0.15, -0.1) is 11.3 Å². The number of nitrogens with two attached hydrogens (primary N) is 1. The van der Waals surface area contributed by atoms with Gasteiger partial charge >= 0.3 is 0 Å². The van der Waals surface area contributed by atoms with E-state index in [9.17, 15) is 0 Å². The summed E-state index contributed by atoms with van der Waals surface area (Å²) in [6.45, 7) is 3.22. The van der Waals surface area contributed by atoms with E-state index in [1.54, 1.807) is 11.6 Å². The van der Waals surface area contributed by atoms with Crippen LogP contribution in [0, 0.1) is 0 Å². The lowest BCUT2D eigenvalue weighted by Crippen LogP contribution is -2.18. The lowest BCUT2D eigenvalue weighted by atomic mass is 10.1. The van der Waals surface area contributed by atoms with Crippen LogP contribution in [0.1, 0.15) is 25.3 Å². The highest BCUT2D eigenvalue weighted by Crippen LogP contribution is 2.25. The predicted octanol–water partition coefficient (Wildman–Crippen LogP) is 5.11. The third-order valence-electron chi connectivity index (χ3n) is 3.90. The van der Waals surface area contributed by atoms with Gasteiger partial charge in [0.1, 0.15) is 5.82 Å². The Hall–Kier alpha value is -2.86. The van der Waals surface area contributed by atoms with Gasteiger partial charge in [0.15, 0.2) is 0 Å². The number of unbranched alkanes of at least 4 members (excludes halogenated alkanes) is 1. The Balaban J connectivity index is 1.69. The van der Waals surface area contributed by atoms with Crippen LogP contribution in [0.15, 0.2) is 65.1 Å². The summed E-state index contributed by atoms with van der Waals surface area (Å²) >= 11 is 1.43. The van der Waals surface area contributed by atoms with Gasteiger partial charge in [0.2, 0.25) is 5.13 Å². The molecule has 0 bridgehead atoms. The summed E-state index contributed by atoms with van der Waals surface area (Å²) in [5.41, 5.74) is 11.9. The zero-order valence-corrected chi connectivity index (χ0v) is 15.6. The lowest BCUT2D eigenvalue weighted by molar-refractivity contribution is 0.786. The maximum Gasteiger partial charge on any atom is 0.205 e. The van der Waals surface area contributed by atoms with Crippen molar-refractivity contribution >= 4 is 39.9 Å². The van der Waals surface area contributed by atoms with Crippen molar-refractivity contribution in [3.63, 3.8) is 0 Å². The molecule has 0 spiro atoms. The average Bonchev–Trinajstić information content (AvgIpc) is 3.09. The van der Waals surface area contributed by atoms with E-state index in [-0.39, 0.29) is 0 Å². The number of hydrogen-bond donors (Lipinski definition) is 2. The summed E-state index contributed by atoms with van der Waals surface area (Å²) in [6, 6.07) is 18.9. The van der Waals surface area contributed by atoms with Gasteiger partial charge in [-0.2, -0.15) is 5.10 Å². The standard InChI is InChI=1S/C20H23N5S/c1-2-3-13-25(17-7-5-4-6-8-17)18-11-9-16(10-12-18)14-22-24-20-23-19(21)15-26-20/h4-12,14-15H,2-3,13,21H2,1H3,(H,23,24). The van der Waals surface area contributed by atoms with E-state index < -0.39 is 0 Å². The van der Waals surface area contributed by atoms with Crippen molar-refractivity contribution in [3.05, 3.63) is 65.5 Å². The summed E-state index contributed by atoms with van der Waals surface area (Å²) in [4.78, 5) is 6.45. The second-order valence-corrected chi connectivity index (χ2v) is 6.74. The predicted molar refractivity (Wildman–Crippen MR) is 113 cm³/mol. The second kappa shape index (κ2) is 9.01. The number of nitrogens with zero attached hydrogens (tertiary/aromatic N) is 3. The maximum absolute atomic E-state index is 5.59. The Kier molecular flexibility index (Phi) is 6.22. The molecular formula is C20H23N5S. The van der Waals surface area contributed by atoms with E-state index in [0.29, 0.717) is 10.9 Å². The third kappa shape index (κ3) is 4.83. The van der Waals surface area contributed by atoms with Crippen LogP contribution in [0.4, 0.5) is 22.3 Å². The molecule has 0 aliphatic rings. The van der Waals surface area contributed by atoms with E-state index in [1.807, 2.05) is 6.07 Å². The SMILES string of the molecule is CCCCN(c1ccccc1)c1ccc(C=NNc2nc(N)cs2)cc1. The minimum atomic E-state index is 0.505. The van der Waals surface area contributed by atoms with Gasteiger partial charge in [-0.3, -0.25) is 5.43 Å². The molecule has 5 nitrogen and oxygen atoms in total. The van der Waals surface area contributed by atoms with Crippen LogP contribution in [0.25, 0.3) is 0 Å². The summed E-state index contributed by atoms with van der Waals surface area (Å²) in [5.74, 6) is 0.505. The fourth-order valence-electron chi connectivity index (χ4n) is 2.57. The van der Waals surface area contributed by atoms with Gasteiger partial charge in [-0.05, 0) is 36.2 Å². The first-order valence-electron chi connectivity index (χ1n) is 8.69. The highest BCUT2D eigenvalue weighted by Gasteiger charge is 2.08. The second-order valence-electron chi connectivity index (χ2n) is 5.88. The first-order valence-corrected chi connectivity index (χ1v) is 9.57. The zero-order chi connectivity index (χ0) is 18.2. The molecule has 0 aliphatic carbocycles. The lowest BCUT2D eigenvalue weighted by Gasteiger charge is -2.25. The number of aromatic nitrogens is 1. The van der Waals surface area contributed by atoms with E-state index in [2.05, 4.69) is 75.9 Å². The number of hydrazone groups is 1. The number of benzene rings is 2. The van der Waals surface area contributed by atoms with E-state index in [0.717, 1.165) is 18.5 Å². The molecule has 1 heterocycles. The van der Waals surface area contributed by atoms with Gasteiger partial charge < -0.3 is 10.6 Å². The van der Waals surface area contributed by atoms with Crippen molar-refractivity contribution < 1.29 is 0 Å². The van der Waals surface area contributed by atoms with Crippen LogP contribution >= 0.6 is 11.3 Å². The molecular weight excluding hydrogens is 342 g/mol. The first-order chi connectivity index (χ1) is 12.8. The number of para-hydroxylation sites is 1. The van der Waals surface area contributed by atoms with Crippen molar-refractivity contribution in [2.45, 2.75) is 19.8 Å². The molecule has 26 heavy (non-hydrogen) atoms. The van der Waals surface area contributed by atoms with E-state index in [1.165, 1.54) is 29.1 Å². The zero-order valence-electron chi connectivity index (χ0n) is 14.8. The molecule has 6 heteroatoms. The molecule has 3 aromatic rings. The molecule has 0 saturated carbocycles. The molecule has 3 rings (SSSR count). The van der Waals surface area contributed by atoms with Crippen LogP contribution in [0.3, 0.4) is 0 Å². The molecule has 3 N–H and O–H groups in total. The highest BCUT2D eigenvalue weighted by molar-refractivity contribution is 7.14. The van der Waals surface area contributed by atoms with E-state index >= 15 is 0 Å². The molecule has 0 amide bonds. The van der Waals surface area contributed by atoms with Crippen LogP contribution in [0.2, 0.25) is 0 Å². The minimum Gasteiger partial charge on any atom is -0.383 e. The topological polar surface area (TPSA) is 66.5 Å². The minimum absolute atomic E-state index is 0.505. The molecule has 0 atom stereocenters. The summed E-state index contributed by atoms with van der Waals surface area (Å²) < 4.78 is 0. The van der Waals surface area contributed by atoms with Gasteiger partial charge in [0.05, 0.1) is 6.21 Å². The Bertz CT molecular complexity index is 827. The summed E-state index contributed by atoms with van der Waals surface area (Å²) in [5, 5.41) is 6.68. The molecule has 0 saturated heterocycles. The van der Waals surface area contributed by atoms with Crippen LogP contribution in [0.5, 0.6) is 0 Å². The van der Waals surface area contributed by atoms with Crippen molar-refractivity contribution in [2.24, 2.45) is 5.10 Å². The average molecular weight is 366 g/mol. The van der Waals surface area contributed by atoms with Crippen molar-refractivity contribution in [1.82, 2.24) is 4.98 Å². The Morgan fingerprint density at radius 2 is 1.85 bits per heavy atom. The normalized spacial score (nSPS) is 11.0. The monoisotopic (exact) mass is 365 g/mol. The van der Waals surface area contributed by atoms with Crippen molar-refractivity contribution in [1.29, 1.82) is 0 Å². The van der Waals surface area contributed by atoms with Crippen molar-refractivity contribution in [3.8, 4) is 0 Å². The number of nitrogens with one attached hydrogen (secondary N) is 1. The highest BCUT2D eigenvalue weighted by atomic mass is 32.1. The third-order valence-corrected chi connectivity index (χ3v) is 4.67. The van der Waals surface area contributed by atoms with Crippen LogP contribution in [-0.4, -0.2) is 17.7 Å². The van der Waals surface area contributed by atoms with E-state index in [4.69, 9.17) is 5.73 Å². The molecule has 0 fully saturated rings. The first kappa shape index (κ1) is 17.9. The number of rotatable bonds is 8. The smallest absolute Gasteiger partial charge is 0.205 e. The Morgan fingerprint density at radius 3 is 2.50 bits per heavy atom. The Labute approximate surface area is 158 Å². The van der Waals surface area contributed by atoms with Gasteiger partial charge in [0.25, 0.3) is 0 Å². The van der Waals surface area contributed by atoms with Gasteiger partial charge in [-0.1, -0.05) is 43.7 Å². The van der Waals surface area contributed by atoms with Gasteiger partial charge in [-0.25, -0.2) is 4.98 Å².